The summed E-state index contributed by atoms with van der Waals surface area (Å²) in [5, 5.41) is 6.28. The zero-order valence-electron chi connectivity index (χ0n) is 12.1. The van der Waals surface area contributed by atoms with Gasteiger partial charge in [0.15, 0.2) is 0 Å². The zero-order valence-corrected chi connectivity index (χ0v) is 12.1. The maximum Gasteiger partial charge on any atom is 0.231 e. The summed E-state index contributed by atoms with van der Waals surface area (Å²) in [6.45, 7) is 8.13. The number of nitrogens with one attached hydrogen (secondary N) is 2. The molecule has 0 bridgehead atoms. The van der Waals surface area contributed by atoms with Gasteiger partial charge in [-0.1, -0.05) is 26.0 Å². The van der Waals surface area contributed by atoms with E-state index in [0.717, 1.165) is 31.6 Å². The van der Waals surface area contributed by atoms with Crippen LogP contribution < -0.4 is 10.6 Å². The Morgan fingerprint density at radius 3 is 2.63 bits per heavy atom. The summed E-state index contributed by atoms with van der Waals surface area (Å²) in [5.41, 5.74) is 1.95. The number of carbonyl (C=O) groups is 1. The van der Waals surface area contributed by atoms with Crippen LogP contribution in [0, 0.1) is 5.41 Å². The van der Waals surface area contributed by atoms with Gasteiger partial charge >= 0.3 is 0 Å². The normalized spacial score (nSPS) is 24.2. The number of amides is 1. The van der Waals surface area contributed by atoms with Crippen LogP contribution in [0.5, 0.6) is 0 Å². The molecule has 0 spiro atoms. The smallest absolute Gasteiger partial charge is 0.231 e. The van der Waals surface area contributed by atoms with Crippen molar-refractivity contribution in [2.45, 2.75) is 39.5 Å². The number of carbonyl (C=O) groups excluding carboxylic acids is 1. The SMILES string of the molecule is CCC(C)c1ccc(NC(=O)C2(C)CCNC2)cc1. The lowest BCUT2D eigenvalue weighted by Gasteiger charge is -2.21. The second kappa shape index (κ2) is 5.74. The molecule has 1 aromatic rings. The maximum absolute atomic E-state index is 12.3. The number of benzene rings is 1. The molecule has 19 heavy (non-hydrogen) atoms. The largest absolute Gasteiger partial charge is 0.326 e. The molecule has 104 valence electrons. The molecule has 2 N–H and O–H groups in total. The van der Waals surface area contributed by atoms with Crippen molar-refractivity contribution < 1.29 is 4.79 Å². The third-order valence-corrected chi connectivity index (χ3v) is 4.27. The molecule has 3 nitrogen and oxygen atoms in total. The van der Waals surface area contributed by atoms with Gasteiger partial charge in [0.05, 0.1) is 5.41 Å². The molecule has 0 radical (unpaired) electrons. The molecule has 1 aromatic carbocycles. The van der Waals surface area contributed by atoms with Crippen LogP contribution in [0.4, 0.5) is 5.69 Å². The molecule has 0 aromatic heterocycles. The van der Waals surface area contributed by atoms with Gasteiger partial charge in [0.25, 0.3) is 0 Å². The maximum atomic E-state index is 12.3. The Labute approximate surface area is 115 Å². The van der Waals surface area contributed by atoms with Crippen LogP contribution in [-0.4, -0.2) is 19.0 Å². The third-order valence-electron chi connectivity index (χ3n) is 4.27. The summed E-state index contributed by atoms with van der Waals surface area (Å²) in [4.78, 5) is 12.3. The van der Waals surface area contributed by atoms with Crippen molar-refractivity contribution in [1.29, 1.82) is 0 Å². The summed E-state index contributed by atoms with van der Waals surface area (Å²) in [6.07, 6.45) is 2.04. The van der Waals surface area contributed by atoms with E-state index in [2.05, 4.69) is 36.6 Å². The highest BCUT2D eigenvalue weighted by molar-refractivity contribution is 5.95. The van der Waals surface area contributed by atoms with Crippen molar-refractivity contribution in [3.05, 3.63) is 29.8 Å². The first kappa shape index (κ1) is 14.1. The Morgan fingerprint density at radius 2 is 2.11 bits per heavy atom. The average molecular weight is 260 g/mol. The second-order valence-corrected chi connectivity index (χ2v) is 5.87. The molecule has 1 aliphatic heterocycles. The van der Waals surface area contributed by atoms with Gasteiger partial charge in [-0.05, 0) is 49.9 Å². The topological polar surface area (TPSA) is 41.1 Å². The lowest BCUT2D eigenvalue weighted by atomic mass is 9.88. The van der Waals surface area contributed by atoms with Crippen LogP contribution in [-0.2, 0) is 4.79 Å². The molecule has 1 amide bonds. The standard InChI is InChI=1S/C16H24N2O/c1-4-12(2)13-5-7-14(8-6-13)18-15(19)16(3)9-10-17-11-16/h5-8,12,17H,4,9-11H2,1-3H3,(H,18,19). The molecule has 2 atom stereocenters. The molecule has 2 unspecified atom stereocenters. The van der Waals surface area contributed by atoms with E-state index in [1.54, 1.807) is 0 Å². The highest BCUT2D eigenvalue weighted by Gasteiger charge is 2.36. The molecular formula is C16H24N2O. The average Bonchev–Trinajstić information content (AvgIpc) is 2.87. The molecule has 1 saturated heterocycles. The van der Waals surface area contributed by atoms with Gasteiger partial charge in [0.2, 0.25) is 5.91 Å². The highest BCUT2D eigenvalue weighted by atomic mass is 16.2. The van der Waals surface area contributed by atoms with Crippen molar-refractivity contribution in [3.8, 4) is 0 Å². The van der Waals surface area contributed by atoms with Gasteiger partial charge in [-0.2, -0.15) is 0 Å². The Balaban J connectivity index is 2.01. The van der Waals surface area contributed by atoms with Crippen LogP contribution in [0.2, 0.25) is 0 Å². The number of hydrogen-bond acceptors (Lipinski definition) is 2. The summed E-state index contributed by atoms with van der Waals surface area (Å²) in [6, 6.07) is 8.23. The van der Waals surface area contributed by atoms with E-state index in [4.69, 9.17) is 0 Å². The van der Waals surface area contributed by atoms with Gasteiger partial charge in [-0.3, -0.25) is 4.79 Å². The zero-order chi connectivity index (χ0) is 13.9. The molecule has 1 fully saturated rings. The van der Waals surface area contributed by atoms with E-state index in [0.29, 0.717) is 5.92 Å². The van der Waals surface area contributed by atoms with Gasteiger partial charge in [0.1, 0.15) is 0 Å². The van der Waals surface area contributed by atoms with E-state index in [-0.39, 0.29) is 11.3 Å². The monoisotopic (exact) mass is 260 g/mol. The Bertz CT molecular complexity index is 433. The lowest BCUT2D eigenvalue weighted by Crippen LogP contribution is -2.35. The molecule has 1 aliphatic rings. The van der Waals surface area contributed by atoms with Crippen molar-refractivity contribution in [2.75, 3.05) is 18.4 Å². The summed E-state index contributed by atoms with van der Waals surface area (Å²) in [7, 11) is 0. The lowest BCUT2D eigenvalue weighted by molar-refractivity contribution is -0.123. The fraction of sp³-hybridized carbons (Fsp3) is 0.562. The molecule has 0 saturated carbocycles. The van der Waals surface area contributed by atoms with Gasteiger partial charge in [-0.25, -0.2) is 0 Å². The predicted molar refractivity (Wildman–Crippen MR) is 79.4 cm³/mol. The minimum atomic E-state index is -0.268. The van der Waals surface area contributed by atoms with Crippen LogP contribution in [0.15, 0.2) is 24.3 Å². The van der Waals surface area contributed by atoms with Crippen molar-refractivity contribution in [3.63, 3.8) is 0 Å². The summed E-state index contributed by atoms with van der Waals surface area (Å²) in [5.74, 6) is 0.690. The summed E-state index contributed by atoms with van der Waals surface area (Å²) < 4.78 is 0. The fourth-order valence-electron chi connectivity index (χ4n) is 2.42. The van der Waals surface area contributed by atoms with Crippen LogP contribution >= 0.6 is 0 Å². The minimum absolute atomic E-state index is 0.119. The van der Waals surface area contributed by atoms with Gasteiger partial charge in [-0.15, -0.1) is 0 Å². The quantitative estimate of drug-likeness (QED) is 0.873. The summed E-state index contributed by atoms with van der Waals surface area (Å²) >= 11 is 0. The van der Waals surface area contributed by atoms with E-state index in [1.165, 1.54) is 5.56 Å². The van der Waals surface area contributed by atoms with Crippen molar-refractivity contribution in [1.82, 2.24) is 5.32 Å². The van der Waals surface area contributed by atoms with Crippen LogP contribution in [0.25, 0.3) is 0 Å². The van der Waals surface area contributed by atoms with Crippen LogP contribution in [0.1, 0.15) is 45.1 Å². The van der Waals surface area contributed by atoms with Crippen molar-refractivity contribution >= 4 is 11.6 Å². The Hall–Kier alpha value is -1.35. The molecule has 1 heterocycles. The first-order valence-electron chi connectivity index (χ1n) is 7.17. The number of hydrogen-bond donors (Lipinski definition) is 2. The number of anilines is 1. The molecular weight excluding hydrogens is 236 g/mol. The molecule has 3 heteroatoms. The number of rotatable bonds is 4. The second-order valence-electron chi connectivity index (χ2n) is 5.87. The first-order chi connectivity index (χ1) is 9.05. The minimum Gasteiger partial charge on any atom is -0.326 e. The van der Waals surface area contributed by atoms with E-state index in [1.807, 2.05) is 19.1 Å². The predicted octanol–water partition coefficient (Wildman–Crippen LogP) is 3.14. The van der Waals surface area contributed by atoms with Crippen LogP contribution in [0.3, 0.4) is 0 Å². The van der Waals surface area contributed by atoms with Gasteiger partial charge < -0.3 is 10.6 Å². The Morgan fingerprint density at radius 1 is 1.42 bits per heavy atom. The fourth-order valence-corrected chi connectivity index (χ4v) is 2.42. The van der Waals surface area contributed by atoms with Crippen molar-refractivity contribution in [2.24, 2.45) is 5.41 Å². The molecule has 2 rings (SSSR count). The Kier molecular flexibility index (Phi) is 4.25. The third kappa shape index (κ3) is 3.16. The molecule has 0 aliphatic carbocycles. The van der Waals surface area contributed by atoms with Gasteiger partial charge in [0, 0.05) is 12.2 Å². The van der Waals surface area contributed by atoms with E-state index in [9.17, 15) is 4.79 Å². The first-order valence-corrected chi connectivity index (χ1v) is 7.17. The van der Waals surface area contributed by atoms with E-state index < -0.39 is 0 Å². The van der Waals surface area contributed by atoms with E-state index >= 15 is 0 Å². The highest BCUT2D eigenvalue weighted by Crippen LogP contribution is 2.27.